The van der Waals surface area contributed by atoms with Gasteiger partial charge in [-0.2, -0.15) is 0 Å². The highest BCUT2D eigenvalue weighted by molar-refractivity contribution is 6.87. The second-order valence-corrected chi connectivity index (χ2v) is 20.5. The fourth-order valence-corrected chi connectivity index (χ4v) is 12.3. The molecule has 3 aliphatic rings. The monoisotopic (exact) mass is 920 g/mol. The van der Waals surface area contributed by atoms with Crippen LogP contribution in [0, 0.1) is 0 Å². The SMILES string of the molecule is CC(C)(C)OC[C@H]1O[C@](O[C@H]2[C@H](OCc3ccccc3)[C@@H](OC(=O)c3ccccc3)[C@H]3OC[C@@H]2O3)([Si](c2ccccc2)c2ccccc2)[C@H](N=[N+]=[N-])[C@@H](O)[C@@H]1OCc1ccc2ccccc2c1. The van der Waals surface area contributed by atoms with Crippen LogP contribution in [0.15, 0.2) is 169 Å². The molecule has 0 amide bonds. The number of fused-ring (bicyclic) bond motifs is 3. The highest BCUT2D eigenvalue weighted by Crippen LogP contribution is 2.43. The molecule has 0 spiro atoms. The first-order valence-electron chi connectivity index (χ1n) is 22.6. The van der Waals surface area contributed by atoms with Crippen LogP contribution in [-0.2, 0) is 51.1 Å². The van der Waals surface area contributed by atoms with Gasteiger partial charge < -0.3 is 43.0 Å². The minimum atomic E-state index is -2.49. The molecule has 3 heterocycles. The van der Waals surface area contributed by atoms with Gasteiger partial charge in [0, 0.05) is 4.91 Å². The van der Waals surface area contributed by atoms with Gasteiger partial charge in [-0.05, 0) is 66.4 Å². The van der Waals surface area contributed by atoms with Crippen molar-refractivity contribution >= 4 is 35.9 Å². The summed E-state index contributed by atoms with van der Waals surface area (Å²) in [6.07, 6.45) is -8.57. The van der Waals surface area contributed by atoms with Crippen molar-refractivity contribution in [3.8, 4) is 0 Å². The van der Waals surface area contributed by atoms with Crippen LogP contribution in [0.25, 0.3) is 21.2 Å². The van der Waals surface area contributed by atoms with Crippen LogP contribution in [0.5, 0.6) is 0 Å². The van der Waals surface area contributed by atoms with E-state index in [4.69, 9.17) is 37.9 Å². The first kappa shape index (κ1) is 46.4. The molecular weight excluding hydrogens is 867 g/mol. The van der Waals surface area contributed by atoms with E-state index in [2.05, 4.69) is 10.0 Å². The van der Waals surface area contributed by atoms with Gasteiger partial charge in [-0.1, -0.05) is 161 Å². The minimum absolute atomic E-state index is 0.0310. The van der Waals surface area contributed by atoms with Crippen LogP contribution in [-0.4, -0.2) is 99.2 Å². The summed E-state index contributed by atoms with van der Waals surface area (Å²) >= 11 is 0. The number of hydrogen-bond donors (Lipinski definition) is 1. The molecule has 0 saturated carbocycles. The van der Waals surface area contributed by atoms with Gasteiger partial charge in [-0.15, -0.1) is 0 Å². The van der Waals surface area contributed by atoms with E-state index < -0.39 is 80.8 Å². The van der Waals surface area contributed by atoms with Crippen molar-refractivity contribution in [3.05, 3.63) is 191 Å². The minimum Gasteiger partial charge on any atom is -0.450 e. The van der Waals surface area contributed by atoms with Crippen molar-refractivity contribution in [2.45, 2.75) is 100 Å². The topological polar surface area (TPSA) is 160 Å². The van der Waals surface area contributed by atoms with Gasteiger partial charge in [-0.25, -0.2) is 4.79 Å². The van der Waals surface area contributed by atoms with Crippen LogP contribution in [0.4, 0.5) is 0 Å². The van der Waals surface area contributed by atoms with Crippen LogP contribution in [0.3, 0.4) is 0 Å². The summed E-state index contributed by atoms with van der Waals surface area (Å²) in [7, 11) is -2.49. The molecule has 10 atom stereocenters. The van der Waals surface area contributed by atoms with Crippen molar-refractivity contribution in [1.29, 1.82) is 0 Å². The number of nitrogens with zero attached hydrogens (tertiary/aromatic N) is 3. The Labute approximate surface area is 391 Å². The Balaban J connectivity index is 1.18. The Morgan fingerprint density at radius 2 is 1.34 bits per heavy atom. The fourth-order valence-electron chi connectivity index (χ4n) is 9.04. The normalized spacial score (nSPS) is 27.1. The Kier molecular flexibility index (Phi) is 14.3. The lowest BCUT2D eigenvalue weighted by molar-refractivity contribution is -0.346. The number of ether oxygens (including phenoxy) is 8. The summed E-state index contributed by atoms with van der Waals surface area (Å²) < 4.78 is 54.3. The third kappa shape index (κ3) is 10.4. The summed E-state index contributed by atoms with van der Waals surface area (Å²) in [6, 6.07) is 50.5. The largest absolute Gasteiger partial charge is 0.450 e. The Hall–Kier alpha value is -5.74. The van der Waals surface area contributed by atoms with Crippen LogP contribution >= 0.6 is 0 Å². The van der Waals surface area contributed by atoms with E-state index in [9.17, 15) is 15.4 Å². The van der Waals surface area contributed by atoms with E-state index in [-0.39, 0.29) is 26.4 Å². The average Bonchev–Trinajstić information content (AvgIpc) is 3.80. The zero-order valence-corrected chi connectivity index (χ0v) is 38.6. The molecule has 3 saturated heterocycles. The van der Waals surface area contributed by atoms with Crippen molar-refractivity contribution < 1.29 is 47.8 Å². The molecule has 0 aliphatic carbocycles. The van der Waals surface area contributed by atoms with Gasteiger partial charge in [0.2, 0.25) is 0 Å². The molecule has 14 heteroatoms. The van der Waals surface area contributed by atoms with E-state index in [1.165, 1.54) is 0 Å². The van der Waals surface area contributed by atoms with Crippen molar-refractivity contribution in [3.63, 3.8) is 0 Å². The maximum Gasteiger partial charge on any atom is 0.338 e. The third-order valence-corrected chi connectivity index (χ3v) is 15.2. The molecule has 67 heavy (non-hydrogen) atoms. The summed E-state index contributed by atoms with van der Waals surface area (Å²) in [5.41, 5.74) is 10.0. The highest BCUT2D eigenvalue weighted by Gasteiger charge is 2.65. The first-order chi connectivity index (χ1) is 32.6. The van der Waals surface area contributed by atoms with E-state index in [1.54, 1.807) is 24.3 Å². The van der Waals surface area contributed by atoms with Gasteiger partial charge in [0.05, 0.1) is 43.7 Å². The number of carbonyl (C=O) groups excluding carboxylic acids is 1. The molecule has 3 fully saturated rings. The second-order valence-electron chi connectivity index (χ2n) is 17.9. The molecule has 6 aromatic carbocycles. The molecule has 6 aromatic rings. The Morgan fingerprint density at radius 1 is 0.746 bits per heavy atom. The van der Waals surface area contributed by atoms with Crippen LogP contribution < -0.4 is 10.4 Å². The number of carbonyl (C=O) groups is 1. The van der Waals surface area contributed by atoms with E-state index >= 15 is 0 Å². The predicted octanol–water partition coefficient (Wildman–Crippen LogP) is 7.47. The smallest absolute Gasteiger partial charge is 0.338 e. The molecule has 2 bridgehead atoms. The van der Waals surface area contributed by atoms with Gasteiger partial charge in [-0.3, -0.25) is 0 Å². The molecular formula is C53H54N3O10Si. The number of benzene rings is 6. The number of azide groups is 1. The average molecular weight is 921 g/mol. The lowest BCUT2D eigenvalue weighted by atomic mass is 9.95. The number of hydrogen-bond acceptors (Lipinski definition) is 11. The van der Waals surface area contributed by atoms with Crippen molar-refractivity contribution in [1.82, 2.24) is 0 Å². The van der Waals surface area contributed by atoms with Crippen LogP contribution in [0.1, 0.15) is 42.3 Å². The molecule has 0 unspecified atom stereocenters. The molecule has 1 radical (unpaired) electrons. The summed E-state index contributed by atoms with van der Waals surface area (Å²) in [4.78, 5) is 17.3. The number of esters is 1. The maximum absolute atomic E-state index is 13.9. The standard InChI is InChI=1S/C53H54N3O10Si/c1-52(2,3)62-34-43-45(59-32-36-28-29-37-20-16-17-23-39(37)30-36)44(57)49(55-56-54)53(65-43,67(40-24-12-6-13-25-40)41-26-14-7-15-27-41)66-46-42-33-61-51(63-42)48(64-50(58)38-21-10-5-11-22-38)47(46)60-31-35-18-8-4-9-19-35/h4-30,42-49,51,57H,31-34H2,1-3H3/t42-,43+,44-,45+,46+,47-,48+,49+,51-,53+/m0/s1. The number of aliphatic hydroxyl groups excluding tert-OH is 1. The molecule has 0 aromatic heterocycles. The zero-order chi connectivity index (χ0) is 46.4. The van der Waals surface area contributed by atoms with E-state index in [1.807, 2.05) is 160 Å². The van der Waals surface area contributed by atoms with Gasteiger partial charge in [0.25, 0.3) is 0 Å². The number of rotatable bonds is 16. The second kappa shape index (κ2) is 20.6. The molecule has 1 N–H and O–H groups in total. The molecule has 13 nitrogen and oxygen atoms in total. The van der Waals surface area contributed by atoms with Gasteiger partial charge >= 0.3 is 5.97 Å². The lowest BCUT2D eigenvalue weighted by Gasteiger charge is -2.55. The van der Waals surface area contributed by atoms with Crippen molar-refractivity contribution in [2.24, 2.45) is 5.11 Å². The fraction of sp³-hybridized carbons (Fsp3) is 0.340. The van der Waals surface area contributed by atoms with E-state index in [0.717, 1.165) is 32.3 Å². The van der Waals surface area contributed by atoms with Crippen molar-refractivity contribution in [2.75, 3.05) is 13.2 Å². The summed E-state index contributed by atoms with van der Waals surface area (Å²) in [5, 5.41) is 21.2. The predicted molar refractivity (Wildman–Crippen MR) is 253 cm³/mol. The first-order valence-corrected chi connectivity index (χ1v) is 24.1. The maximum atomic E-state index is 13.9. The number of aliphatic hydroxyl groups is 1. The van der Waals surface area contributed by atoms with Gasteiger partial charge in [0.1, 0.15) is 36.6 Å². The zero-order valence-electron chi connectivity index (χ0n) is 37.6. The molecule has 345 valence electrons. The van der Waals surface area contributed by atoms with Gasteiger partial charge in [0.15, 0.2) is 26.6 Å². The lowest BCUT2D eigenvalue weighted by Crippen LogP contribution is -2.78. The quantitative estimate of drug-likeness (QED) is 0.0339. The summed E-state index contributed by atoms with van der Waals surface area (Å²) in [6.45, 7) is 6.06. The Bertz CT molecular complexity index is 2580. The third-order valence-electron chi connectivity index (χ3n) is 12.2. The summed E-state index contributed by atoms with van der Waals surface area (Å²) in [5.74, 6) is -0.606. The van der Waals surface area contributed by atoms with E-state index in [0.29, 0.717) is 5.56 Å². The van der Waals surface area contributed by atoms with Crippen LogP contribution in [0.2, 0.25) is 0 Å². The molecule has 9 rings (SSSR count). The Morgan fingerprint density at radius 3 is 2.00 bits per heavy atom. The highest BCUT2D eigenvalue weighted by atomic mass is 28.3. The molecule has 3 aliphatic heterocycles.